The van der Waals surface area contributed by atoms with Crippen molar-refractivity contribution in [3.63, 3.8) is 0 Å². The number of nitrogens with zero attached hydrogens (tertiary/aromatic N) is 1. The molecular weight excluding hydrogens is 339 g/mol. The minimum atomic E-state index is -3.70. The van der Waals surface area contributed by atoms with Gasteiger partial charge in [0.1, 0.15) is 5.82 Å². The van der Waals surface area contributed by atoms with Crippen molar-refractivity contribution in [2.75, 3.05) is 18.8 Å². The third kappa shape index (κ3) is 5.19. The first-order valence-corrected chi connectivity index (χ1v) is 9.67. The van der Waals surface area contributed by atoms with E-state index in [2.05, 4.69) is 17.9 Å². The van der Waals surface area contributed by atoms with Crippen molar-refractivity contribution in [1.29, 1.82) is 0 Å². The van der Waals surface area contributed by atoms with Gasteiger partial charge >= 0.3 is 0 Å². The Balaban J connectivity index is 1.97. The number of carbonyl (C=O) groups is 1. The van der Waals surface area contributed by atoms with Gasteiger partial charge in [-0.3, -0.25) is 4.79 Å². The first kappa shape index (κ1) is 18.2. The van der Waals surface area contributed by atoms with Crippen molar-refractivity contribution >= 4 is 28.6 Å². The van der Waals surface area contributed by atoms with E-state index in [-0.39, 0.29) is 16.8 Å². The number of sulfonamides is 1. The van der Waals surface area contributed by atoms with Crippen LogP contribution in [0.5, 0.6) is 0 Å². The molecule has 0 spiro atoms. The molecule has 1 aliphatic carbocycles. The Morgan fingerprint density at radius 1 is 1.39 bits per heavy atom. The van der Waals surface area contributed by atoms with E-state index in [4.69, 9.17) is 0 Å². The predicted molar refractivity (Wildman–Crippen MR) is 89.4 cm³/mol. The number of hydrogen-bond acceptors (Lipinski definition) is 4. The average Bonchev–Trinajstić information content (AvgIpc) is 3.31. The maximum Gasteiger partial charge on any atom is 0.243 e. The van der Waals surface area contributed by atoms with Gasteiger partial charge in [-0.25, -0.2) is 12.8 Å². The third-order valence-electron chi connectivity index (χ3n) is 3.57. The maximum absolute atomic E-state index is 13.3. The molecule has 1 amide bonds. The molecule has 1 N–H and O–H groups in total. The first-order chi connectivity index (χ1) is 10.9. The van der Waals surface area contributed by atoms with Crippen LogP contribution in [0.4, 0.5) is 4.39 Å². The molecule has 1 aromatic carbocycles. The van der Waals surface area contributed by atoms with Crippen LogP contribution in [0.15, 0.2) is 29.2 Å². The van der Waals surface area contributed by atoms with E-state index in [1.54, 1.807) is 0 Å². The van der Waals surface area contributed by atoms with E-state index >= 15 is 0 Å². The summed E-state index contributed by atoms with van der Waals surface area (Å²) in [6.07, 6.45) is 2.50. The number of thiol groups is 1. The van der Waals surface area contributed by atoms with Crippen LogP contribution in [0, 0.1) is 5.82 Å². The van der Waals surface area contributed by atoms with Gasteiger partial charge in [0.2, 0.25) is 15.9 Å². The summed E-state index contributed by atoms with van der Waals surface area (Å²) in [7, 11) is -3.70. The van der Waals surface area contributed by atoms with Gasteiger partial charge in [0.05, 0.1) is 4.90 Å². The van der Waals surface area contributed by atoms with Crippen LogP contribution in [0.1, 0.15) is 25.7 Å². The summed E-state index contributed by atoms with van der Waals surface area (Å²) in [5.74, 6) is -0.180. The van der Waals surface area contributed by atoms with Crippen LogP contribution in [0.25, 0.3) is 0 Å². The molecule has 2 rings (SSSR count). The van der Waals surface area contributed by atoms with Crippen molar-refractivity contribution in [1.82, 2.24) is 9.62 Å². The molecule has 0 bridgehead atoms. The van der Waals surface area contributed by atoms with Gasteiger partial charge in [-0.2, -0.15) is 16.9 Å². The molecule has 5 nitrogen and oxygen atoms in total. The molecule has 0 aromatic heterocycles. The number of benzene rings is 1. The lowest BCUT2D eigenvalue weighted by Gasteiger charge is -2.22. The van der Waals surface area contributed by atoms with Gasteiger partial charge < -0.3 is 5.32 Å². The van der Waals surface area contributed by atoms with Crippen molar-refractivity contribution in [3.8, 4) is 0 Å². The van der Waals surface area contributed by atoms with E-state index in [1.807, 2.05) is 0 Å². The molecule has 0 aliphatic heterocycles. The zero-order valence-electron chi connectivity index (χ0n) is 12.7. The van der Waals surface area contributed by atoms with Gasteiger partial charge in [-0.1, -0.05) is 6.07 Å². The number of rotatable bonds is 9. The quantitative estimate of drug-likeness (QED) is 0.521. The molecule has 1 saturated carbocycles. The van der Waals surface area contributed by atoms with E-state index in [0.29, 0.717) is 31.7 Å². The summed E-state index contributed by atoms with van der Waals surface area (Å²) in [5.41, 5.74) is 0. The minimum Gasteiger partial charge on any atom is -0.356 e. The SMILES string of the molecule is O=C(CCS)NCCCN(C1CC1)S(=O)(=O)c1cccc(F)c1. The summed E-state index contributed by atoms with van der Waals surface area (Å²) in [6.45, 7) is 0.721. The normalized spacial score (nSPS) is 14.9. The van der Waals surface area contributed by atoms with Crippen LogP contribution < -0.4 is 5.32 Å². The molecule has 0 saturated heterocycles. The minimum absolute atomic E-state index is 0.0172. The van der Waals surface area contributed by atoms with Crippen LogP contribution in [0.2, 0.25) is 0 Å². The highest BCUT2D eigenvalue weighted by molar-refractivity contribution is 7.89. The predicted octanol–water partition coefficient (Wildman–Crippen LogP) is 1.80. The van der Waals surface area contributed by atoms with E-state index in [1.165, 1.54) is 22.5 Å². The monoisotopic (exact) mass is 360 g/mol. The average molecular weight is 360 g/mol. The molecule has 128 valence electrons. The zero-order valence-corrected chi connectivity index (χ0v) is 14.5. The summed E-state index contributed by atoms with van der Waals surface area (Å²) in [6, 6.07) is 5.04. The number of halogens is 1. The maximum atomic E-state index is 13.3. The van der Waals surface area contributed by atoms with Gasteiger partial charge in [-0.15, -0.1) is 0 Å². The van der Waals surface area contributed by atoms with Gasteiger partial charge in [0.15, 0.2) is 0 Å². The van der Waals surface area contributed by atoms with Crippen molar-refractivity contribution in [2.24, 2.45) is 0 Å². The molecule has 0 radical (unpaired) electrons. The molecular formula is C15H21FN2O3S2. The summed E-state index contributed by atoms with van der Waals surface area (Å²) < 4.78 is 40.0. The second-order valence-corrected chi connectivity index (χ2v) is 7.82. The largest absolute Gasteiger partial charge is 0.356 e. The first-order valence-electron chi connectivity index (χ1n) is 7.60. The van der Waals surface area contributed by atoms with Crippen LogP contribution >= 0.6 is 12.6 Å². The fourth-order valence-electron chi connectivity index (χ4n) is 2.28. The van der Waals surface area contributed by atoms with Gasteiger partial charge in [0, 0.05) is 25.6 Å². The second kappa shape index (κ2) is 8.12. The van der Waals surface area contributed by atoms with Crippen LogP contribution in [-0.4, -0.2) is 43.5 Å². The molecule has 1 aliphatic rings. The highest BCUT2D eigenvalue weighted by Gasteiger charge is 2.37. The highest BCUT2D eigenvalue weighted by atomic mass is 32.2. The Labute approximate surface area is 141 Å². The standard InChI is InChI=1S/C15H21FN2O3S2/c16-12-3-1-4-14(11-12)23(20,21)18(13-5-6-13)9-2-8-17-15(19)7-10-22/h1,3-4,11,13,22H,2,5-10H2,(H,17,19). The fraction of sp³-hybridized carbons (Fsp3) is 0.533. The second-order valence-electron chi connectivity index (χ2n) is 5.48. The number of amides is 1. The molecule has 1 aromatic rings. The molecule has 0 unspecified atom stereocenters. The Bertz CT molecular complexity index is 648. The topological polar surface area (TPSA) is 66.5 Å². The molecule has 0 atom stereocenters. The Kier molecular flexibility index (Phi) is 6.43. The summed E-state index contributed by atoms with van der Waals surface area (Å²) in [5, 5.41) is 2.73. The highest BCUT2D eigenvalue weighted by Crippen LogP contribution is 2.32. The van der Waals surface area contributed by atoms with Crippen LogP contribution in [-0.2, 0) is 14.8 Å². The third-order valence-corrected chi connectivity index (χ3v) is 5.74. The fourth-order valence-corrected chi connectivity index (χ4v) is 4.24. The number of nitrogens with one attached hydrogen (secondary N) is 1. The molecule has 0 heterocycles. The lowest BCUT2D eigenvalue weighted by Crippen LogP contribution is -2.36. The Morgan fingerprint density at radius 2 is 2.13 bits per heavy atom. The molecule has 1 fully saturated rings. The Morgan fingerprint density at radius 3 is 2.74 bits per heavy atom. The summed E-state index contributed by atoms with van der Waals surface area (Å²) >= 11 is 3.98. The van der Waals surface area contributed by atoms with Crippen molar-refractivity contribution in [3.05, 3.63) is 30.1 Å². The lowest BCUT2D eigenvalue weighted by molar-refractivity contribution is -0.120. The van der Waals surface area contributed by atoms with Gasteiger partial charge in [-0.05, 0) is 43.2 Å². The zero-order chi connectivity index (χ0) is 16.9. The van der Waals surface area contributed by atoms with Crippen molar-refractivity contribution in [2.45, 2.75) is 36.6 Å². The molecule has 23 heavy (non-hydrogen) atoms. The van der Waals surface area contributed by atoms with Crippen LogP contribution in [0.3, 0.4) is 0 Å². The number of carbonyl (C=O) groups excluding carboxylic acids is 1. The number of hydrogen-bond donors (Lipinski definition) is 2. The van der Waals surface area contributed by atoms with E-state index in [0.717, 1.165) is 18.9 Å². The van der Waals surface area contributed by atoms with E-state index in [9.17, 15) is 17.6 Å². The lowest BCUT2D eigenvalue weighted by atomic mass is 10.3. The Hall–Kier alpha value is -1.12. The van der Waals surface area contributed by atoms with E-state index < -0.39 is 15.8 Å². The van der Waals surface area contributed by atoms with Crippen molar-refractivity contribution < 1.29 is 17.6 Å². The smallest absolute Gasteiger partial charge is 0.243 e. The summed E-state index contributed by atoms with van der Waals surface area (Å²) in [4.78, 5) is 11.3. The van der Waals surface area contributed by atoms with Gasteiger partial charge in [0.25, 0.3) is 0 Å². The molecule has 8 heteroatoms.